The highest BCUT2D eigenvalue weighted by atomic mass is 32.2. The van der Waals surface area contributed by atoms with Crippen molar-refractivity contribution in [2.45, 2.75) is 17.4 Å². The zero-order chi connectivity index (χ0) is 21.1. The molecule has 4 rings (SSSR count). The summed E-state index contributed by atoms with van der Waals surface area (Å²) in [5.41, 5.74) is 5.52. The van der Waals surface area contributed by atoms with E-state index in [1.165, 1.54) is 0 Å². The molecular weight excluding hydrogens is 406 g/mol. The normalized spacial score (nSPS) is 20.0. The van der Waals surface area contributed by atoms with Gasteiger partial charge < -0.3 is 14.4 Å². The highest BCUT2D eigenvalue weighted by molar-refractivity contribution is 7.98. The highest BCUT2D eigenvalue weighted by Crippen LogP contribution is 2.31. The molecule has 2 unspecified atom stereocenters. The first kappa shape index (κ1) is 20.1. The molecule has 0 spiro atoms. The van der Waals surface area contributed by atoms with E-state index < -0.39 is 23.8 Å². The number of carbonyl (C=O) groups excluding carboxylic acids is 3. The number of benzene rings is 2. The second-order valence-electron chi connectivity index (χ2n) is 6.95. The van der Waals surface area contributed by atoms with E-state index in [0.717, 1.165) is 10.6 Å². The van der Waals surface area contributed by atoms with Gasteiger partial charge in [-0.25, -0.2) is 0 Å². The maximum atomic E-state index is 12.5. The Bertz CT molecular complexity index is 965. The molecule has 1 fully saturated rings. The van der Waals surface area contributed by atoms with E-state index in [-0.39, 0.29) is 25.5 Å². The van der Waals surface area contributed by atoms with E-state index in [1.807, 2.05) is 36.6 Å². The van der Waals surface area contributed by atoms with Crippen molar-refractivity contribution in [2.75, 3.05) is 24.3 Å². The van der Waals surface area contributed by atoms with Crippen LogP contribution in [0.4, 0.5) is 5.69 Å². The van der Waals surface area contributed by atoms with Crippen molar-refractivity contribution in [3.63, 3.8) is 0 Å². The molecule has 156 valence electrons. The number of hydrogen-bond acceptors (Lipinski definition) is 6. The molecule has 2 atom stereocenters. The number of anilines is 1. The Morgan fingerprint density at radius 3 is 2.47 bits per heavy atom. The fourth-order valence-corrected chi connectivity index (χ4v) is 3.76. The third-order valence-electron chi connectivity index (χ3n) is 4.99. The molecular formula is C21H21N3O5S. The third-order valence-corrected chi connectivity index (χ3v) is 5.73. The van der Waals surface area contributed by atoms with Gasteiger partial charge in [0, 0.05) is 23.5 Å². The van der Waals surface area contributed by atoms with Crippen molar-refractivity contribution in [3.8, 4) is 11.5 Å². The number of amides is 3. The summed E-state index contributed by atoms with van der Waals surface area (Å²) >= 11 is 1.62. The Balaban J connectivity index is 1.30. The van der Waals surface area contributed by atoms with E-state index in [4.69, 9.17) is 9.47 Å². The van der Waals surface area contributed by atoms with Crippen LogP contribution in [0.3, 0.4) is 0 Å². The van der Waals surface area contributed by atoms with Crippen LogP contribution in [0.15, 0.2) is 53.4 Å². The lowest BCUT2D eigenvalue weighted by atomic mass is 10.1. The molecule has 3 amide bonds. The number of nitrogens with zero attached hydrogens (tertiary/aromatic N) is 1. The largest absolute Gasteiger partial charge is 0.485 e. The number of fused-ring (bicyclic) bond motifs is 1. The van der Waals surface area contributed by atoms with Crippen molar-refractivity contribution in [3.05, 3.63) is 48.5 Å². The number of rotatable bonds is 4. The van der Waals surface area contributed by atoms with Gasteiger partial charge in [-0.1, -0.05) is 12.1 Å². The van der Waals surface area contributed by atoms with Crippen LogP contribution in [0.25, 0.3) is 0 Å². The standard InChI is InChI=1S/C21H21N3O5S/c1-30-15-8-6-14(7-9-15)24-11-13(10-19(24)25)20(26)22-23-21(27)18-12-28-16-4-2-3-5-17(16)29-18/h2-9,13,18H,10-12H2,1H3,(H,22,26)(H,23,27). The van der Waals surface area contributed by atoms with E-state index >= 15 is 0 Å². The van der Waals surface area contributed by atoms with Crippen molar-refractivity contribution in [1.82, 2.24) is 10.9 Å². The SMILES string of the molecule is CSc1ccc(N2CC(C(=O)NNC(=O)C3COc4ccccc4O3)CC2=O)cc1. The summed E-state index contributed by atoms with van der Waals surface area (Å²) in [7, 11) is 0. The minimum absolute atomic E-state index is 0.0421. The fraction of sp³-hybridized carbons (Fsp3) is 0.286. The van der Waals surface area contributed by atoms with E-state index in [2.05, 4.69) is 10.9 Å². The van der Waals surface area contributed by atoms with E-state index in [9.17, 15) is 14.4 Å². The van der Waals surface area contributed by atoms with Gasteiger partial charge in [-0.05, 0) is 42.7 Å². The third kappa shape index (κ3) is 4.20. The molecule has 2 aliphatic rings. The predicted octanol–water partition coefficient (Wildman–Crippen LogP) is 1.75. The van der Waals surface area contributed by atoms with Gasteiger partial charge in [0.15, 0.2) is 11.5 Å². The molecule has 2 N–H and O–H groups in total. The Hall–Kier alpha value is -3.20. The zero-order valence-electron chi connectivity index (χ0n) is 16.3. The van der Waals surface area contributed by atoms with Crippen LogP contribution in [0.2, 0.25) is 0 Å². The van der Waals surface area contributed by atoms with Crippen LogP contribution in [-0.4, -0.2) is 43.2 Å². The van der Waals surface area contributed by atoms with Crippen molar-refractivity contribution < 1.29 is 23.9 Å². The molecule has 0 radical (unpaired) electrons. The molecule has 0 saturated carbocycles. The van der Waals surface area contributed by atoms with Crippen LogP contribution in [0, 0.1) is 5.92 Å². The molecule has 1 saturated heterocycles. The minimum atomic E-state index is -0.878. The molecule has 30 heavy (non-hydrogen) atoms. The average molecular weight is 427 g/mol. The molecule has 9 heteroatoms. The average Bonchev–Trinajstić information content (AvgIpc) is 3.18. The second kappa shape index (κ2) is 8.66. The minimum Gasteiger partial charge on any atom is -0.485 e. The Labute approximate surface area is 177 Å². The first-order chi connectivity index (χ1) is 14.5. The number of para-hydroxylation sites is 2. The molecule has 2 heterocycles. The lowest BCUT2D eigenvalue weighted by Crippen LogP contribution is -2.52. The lowest BCUT2D eigenvalue weighted by Gasteiger charge is -2.25. The summed E-state index contributed by atoms with van der Waals surface area (Å²) < 4.78 is 11.1. The maximum Gasteiger partial charge on any atom is 0.283 e. The first-order valence-electron chi connectivity index (χ1n) is 9.48. The van der Waals surface area contributed by atoms with Crippen LogP contribution in [0.1, 0.15) is 6.42 Å². The van der Waals surface area contributed by atoms with Crippen LogP contribution < -0.4 is 25.2 Å². The van der Waals surface area contributed by atoms with Gasteiger partial charge in [0.05, 0.1) is 5.92 Å². The highest BCUT2D eigenvalue weighted by Gasteiger charge is 2.36. The molecule has 2 aliphatic heterocycles. The van der Waals surface area contributed by atoms with Gasteiger partial charge in [-0.15, -0.1) is 11.8 Å². The Kier molecular flexibility index (Phi) is 5.80. The van der Waals surface area contributed by atoms with Gasteiger partial charge in [-0.3, -0.25) is 25.2 Å². The summed E-state index contributed by atoms with van der Waals surface area (Å²) in [4.78, 5) is 39.8. The molecule has 2 aromatic carbocycles. The van der Waals surface area contributed by atoms with Gasteiger partial charge in [0.1, 0.15) is 6.61 Å². The second-order valence-corrected chi connectivity index (χ2v) is 7.83. The molecule has 0 bridgehead atoms. The van der Waals surface area contributed by atoms with E-state index in [1.54, 1.807) is 34.9 Å². The van der Waals surface area contributed by atoms with Crippen molar-refractivity contribution >= 4 is 35.2 Å². The number of carbonyl (C=O) groups is 3. The van der Waals surface area contributed by atoms with Crippen LogP contribution in [0.5, 0.6) is 11.5 Å². The summed E-state index contributed by atoms with van der Waals surface area (Å²) in [5.74, 6) is -0.578. The summed E-state index contributed by atoms with van der Waals surface area (Å²) in [5, 5.41) is 0. The number of nitrogens with one attached hydrogen (secondary N) is 2. The van der Waals surface area contributed by atoms with Gasteiger partial charge in [-0.2, -0.15) is 0 Å². The van der Waals surface area contributed by atoms with Gasteiger partial charge >= 0.3 is 0 Å². The topological polar surface area (TPSA) is 97.0 Å². The number of thioether (sulfide) groups is 1. The molecule has 0 aromatic heterocycles. The van der Waals surface area contributed by atoms with Crippen molar-refractivity contribution in [1.29, 1.82) is 0 Å². The monoisotopic (exact) mass is 427 g/mol. The maximum absolute atomic E-state index is 12.5. The lowest BCUT2D eigenvalue weighted by molar-refractivity contribution is -0.136. The summed E-state index contributed by atoms with van der Waals surface area (Å²) in [6, 6.07) is 14.7. The van der Waals surface area contributed by atoms with Crippen LogP contribution in [-0.2, 0) is 14.4 Å². The smallest absolute Gasteiger partial charge is 0.283 e. The van der Waals surface area contributed by atoms with E-state index in [0.29, 0.717) is 11.5 Å². The number of hydrogen-bond donors (Lipinski definition) is 2. The van der Waals surface area contributed by atoms with Crippen LogP contribution >= 0.6 is 11.8 Å². The first-order valence-corrected chi connectivity index (χ1v) is 10.7. The van der Waals surface area contributed by atoms with Gasteiger partial charge in [0.25, 0.3) is 5.91 Å². The summed E-state index contributed by atoms with van der Waals surface area (Å²) in [6.07, 6.45) is 1.19. The quantitative estimate of drug-likeness (QED) is 0.570. The molecule has 0 aliphatic carbocycles. The summed E-state index contributed by atoms with van der Waals surface area (Å²) in [6.45, 7) is 0.302. The predicted molar refractivity (Wildman–Crippen MR) is 111 cm³/mol. The van der Waals surface area contributed by atoms with Gasteiger partial charge in [0.2, 0.25) is 17.9 Å². The fourth-order valence-electron chi connectivity index (χ4n) is 3.35. The number of hydrazine groups is 1. The zero-order valence-corrected chi connectivity index (χ0v) is 17.1. The Morgan fingerprint density at radius 2 is 1.73 bits per heavy atom. The molecule has 2 aromatic rings. The number of ether oxygens (including phenoxy) is 2. The molecule has 8 nitrogen and oxygen atoms in total. The van der Waals surface area contributed by atoms with Crippen molar-refractivity contribution in [2.24, 2.45) is 5.92 Å². The Morgan fingerprint density at radius 1 is 1.03 bits per heavy atom.